The van der Waals surface area contributed by atoms with Crippen molar-refractivity contribution in [2.45, 2.75) is 72.6 Å². The molecule has 0 spiro atoms. The molecule has 26 rings (SSSR count). The van der Waals surface area contributed by atoms with E-state index in [4.69, 9.17) is 0 Å². The molecule has 135 heavy (non-hydrogen) atoms. The Kier molecular flexibility index (Phi) is 21.0. The summed E-state index contributed by atoms with van der Waals surface area (Å²) in [5.74, 6) is 7.54. The summed E-state index contributed by atoms with van der Waals surface area (Å²) < 4.78 is 0. The maximum absolute atomic E-state index is 2.52. The zero-order valence-corrected chi connectivity index (χ0v) is 76.6. The SMILES string of the molecule is Cc1ccc(N(c2ccc(C)cc2)c2c3ccccc3c(N3B4C=CC=CN4c4ccccc43)c3ccccc23)cc1.Cc1ccc(N(c2ccc(C)cc2)c2ccc3cc4cc(N5B6C=CC=CN6c6ccccc65)ccc4cc3c2)cc1.Cc1ccc(N(c2ccc(C3CCCCC3)cc2)c2cc3c4ccccc4c(N4B5C=CC=CN5c5ccccc54)cc3c3ccccc23)cc1. The Morgan fingerprint density at radius 2 is 0.593 bits per heavy atom. The van der Waals surface area contributed by atoms with Crippen molar-refractivity contribution in [3.05, 3.63) is 482 Å². The summed E-state index contributed by atoms with van der Waals surface area (Å²) in [6, 6.07) is 139. The van der Waals surface area contributed by atoms with Gasteiger partial charge in [-0.1, -0.05) is 302 Å². The minimum Gasteiger partial charge on any atom is -0.367 e. The average Bonchev–Trinajstić information content (AvgIpc) is 1.67. The molecule has 0 radical (unpaired) electrons. The maximum atomic E-state index is 2.52. The van der Waals surface area contributed by atoms with Crippen molar-refractivity contribution in [1.82, 2.24) is 0 Å². The number of rotatable bonds is 13. The molecule has 1 aliphatic carbocycles. The van der Waals surface area contributed by atoms with Gasteiger partial charge >= 0.3 is 20.9 Å². The predicted molar refractivity (Wildman–Crippen MR) is 581 cm³/mol. The van der Waals surface area contributed by atoms with E-state index in [0.717, 1.165) is 28.4 Å². The van der Waals surface area contributed by atoms with Crippen LogP contribution in [-0.4, -0.2) is 20.9 Å². The Morgan fingerprint density at radius 3 is 1.08 bits per heavy atom. The molecule has 0 bridgehead atoms. The van der Waals surface area contributed by atoms with E-state index in [1.807, 2.05) is 0 Å². The fraction of sp³-hybridized carbons (Fsp3) is 0.0894. The first kappa shape index (κ1) is 82.0. The summed E-state index contributed by atoms with van der Waals surface area (Å²) in [5.41, 5.74) is 29.3. The molecule has 1 fully saturated rings. The van der Waals surface area contributed by atoms with Crippen LogP contribution in [0.1, 0.15) is 71.4 Å². The molecule has 0 atom stereocenters. The summed E-state index contributed by atoms with van der Waals surface area (Å²) in [5, 5.41) is 17.4. The molecule has 1 saturated carbocycles. The lowest BCUT2D eigenvalue weighted by Gasteiger charge is -2.33. The van der Waals surface area contributed by atoms with Crippen molar-refractivity contribution in [3.63, 3.8) is 0 Å². The van der Waals surface area contributed by atoms with Crippen LogP contribution in [0.15, 0.2) is 449 Å². The molecule has 19 aromatic carbocycles. The van der Waals surface area contributed by atoms with Gasteiger partial charge in [-0.15, -0.1) is 0 Å². The smallest absolute Gasteiger partial charge is 0.367 e. The molecule has 7 aliphatic rings. The minimum absolute atomic E-state index is 0.0652. The van der Waals surface area contributed by atoms with Gasteiger partial charge < -0.3 is 43.6 Å². The lowest BCUT2D eigenvalue weighted by atomic mass is 9.70. The van der Waals surface area contributed by atoms with Crippen LogP contribution >= 0.6 is 0 Å². The highest BCUT2D eigenvalue weighted by Crippen LogP contribution is 2.56. The lowest BCUT2D eigenvalue weighted by Crippen LogP contribution is -2.43. The van der Waals surface area contributed by atoms with Crippen LogP contribution in [-0.2, 0) is 0 Å². The van der Waals surface area contributed by atoms with E-state index in [2.05, 4.69) is 527 Å². The molecule has 0 N–H and O–H groups in total. The summed E-state index contributed by atoms with van der Waals surface area (Å²) >= 11 is 0. The summed E-state index contributed by atoms with van der Waals surface area (Å²) in [4.78, 5) is 21.8. The first-order chi connectivity index (χ1) is 66.5. The average molecular weight is 1740 g/mol. The number of aryl methyl sites for hydroxylation is 5. The predicted octanol–water partition coefficient (Wildman–Crippen LogP) is 33.3. The second kappa shape index (κ2) is 34.5. The molecule has 0 amide bonds. The fourth-order valence-electron chi connectivity index (χ4n) is 21.9. The highest BCUT2D eigenvalue weighted by atomic mass is 15.3. The van der Waals surface area contributed by atoms with E-state index >= 15 is 0 Å². The van der Waals surface area contributed by atoms with Crippen molar-refractivity contribution in [2.75, 3.05) is 43.6 Å². The number of anilines is 18. The third-order valence-electron chi connectivity index (χ3n) is 28.5. The zero-order valence-electron chi connectivity index (χ0n) is 76.6. The van der Waals surface area contributed by atoms with Crippen molar-refractivity contribution in [1.29, 1.82) is 0 Å². The van der Waals surface area contributed by atoms with Crippen LogP contribution in [0.5, 0.6) is 0 Å². The zero-order chi connectivity index (χ0) is 90.3. The highest BCUT2D eigenvalue weighted by Gasteiger charge is 2.44. The molecule has 9 nitrogen and oxygen atoms in total. The number of hydrogen-bond donors (Lipinski definition) is 0. The van der Waals surface area contributed by atoms with E-state index in [0.29, 0.717) is 5.92 Å². The Hall–Kier alpha value is -16.2. The molecule has 0 unspecified atom stereocenters. The van der Waals surface area contributed by atoms with Crippen LogP contribution in [0.4, 0.5) is 102 Å². The topological polar surface area (TPSA) is 29.2 Å². The standard InChI is InChI=1S/C47H40BN3.2C38H30BN3/c1-33-21-25-36(26-22-33)50(37-27-23-35(24-28-37)34-13-3-2-4-14-34)46-31-42-39-16-6-8-18-41(39)47(32-43(42)38-15-5-7-17-40(38)46)51-45-20-10-9-19-44(45)49-30-12-11-29-48(49)51;1-27-17-21-29(22-18-27)41(30-23-19-28(2)20-24-30)37-31-11-3-5-13-33(31)38(34-14-6-4-12-32(34)37)42-36-16-8-7-15-35(36)40-26-10-9-25-39(40)42;1-27-9-15-33(16-10-27)41(34-17-11-28(2)12-18-34)35-19-13-29-24-32-26-36(20-14-30(32)23-31(29)25-35)42-38-8-4-3-7-37(38)40-22-6-5-21-39(40)42/h5-12,15-32,34H,2-4,13-14H2,1H3;2*3-26H,1-2H3. The van der Waals surface area contributed by atoms with E-state index in [9.17, 15) is 0 Å². The Bertz CT molecular complexity index is 7890. The molecule has 6 heterocycles. The van der Waals surface area contributed by atoms with Gasteiger partial charge in [-0.3, -0.25) is 0 Å². The molecule has 19 aromatic rings. The van der Waals surface area contributed by atoms with Gasteiger partial charge in [-0.05, 0) is 297 Å². The van der Waals surface area contributed by atoms with Gasteiger partial charge in [-0.2, -0.15) is 0 Å². The van der Waals surface area contributed by atoms with E-state index in [-0.39, 0.29) is 20.9 Å². The van der Waals surface area contributed by atoms with Crippen molar-refractivity contribution in [3.8, 4) is 0 Å². The summed E-state index contributed by atoms with van der Waals surface area (Å²) in [6.45, 7) is 11.0. The van der Waals surface area contributed by atoms with E-state index < -0.39 is 0 Å². The third-order valence-corrected chi connectivity index (χ3v) is 28.5. The lowest BCUT2D eigenvalue weighted by molar-refractivity contribution is 0.443. The normalized spacial score (nSPS) is 14.4. The fourth-order valence-corrected chi connectivity index (χ4v) is 21.9. The Balaban J connectivity index is 0.000000112. The van der Waals surface area contributed by atoms with Gasteiger partial charge in [-0.25, -0.2) is 0 Å². The minimum atomic E-state index is 0.0652. The highest BCUT2D eigenvalue weighted by molar-refractivity contribution is 6.78. The maximum Gasteiger partial charge on any atom is 0.412 e. The van der Waals surface area contributed by atoms with Crippen molar-refractivity contribution in [2.24, 2.45) is 0 Å². The van der Waals surface area contributed by atoms with Crippen LogP contribution in [0.3, 0.4) is 0 Å². The Labute approximate surface area is 792 Å². The van der Waals surface area contributed by atoms with Crippen LogP contribution < -0.4 is 43.6 Å². The number of allylic oxidation sites excluding steroid dienone is 6. The number of nitrogens with zero attached hydrogens (tertiary/aromatic N) is 9. The Morgan fingerprint density at radius 1 is 0.237 bits per heavy atom. The van der Waals surface area contributed by atoms with Crippen molar-refractivity contribution < 1.29 is 0 Å². The summed E-state index contributed by atoms with van der Waals surface area (Å²) in [6.07, 6.45) is 26.1. The van der Waals surface area contributed by atoms with Gasteiger partial charge in [0.25, 0.3) is 0 Å². The molecule has 6 aliphatic heterocycles. The van der Waals surface area contributed by atoms with Crippen LogP contribution in [0.2, 0.25) is 0 Å². The largest absolute Gasteiger partial charge is 0.412 e. The van der Waals surface area contributed by atoms with Gasteiger partial charge in [0.2, 0.25) is 0 Å². The molecule has 0 saturated heterocycles. The van der Waals surface area contributed by atoms with Crippen molar-refractivity contribution >= 4 is 199 Å². The first-order valence-corrected chi connectivity index (χ1v) is 47.7. The second-order valence-electron chi connectivity index (χ2n) is 37.0. The monoisotopic (exact) mass is 1740 g/mol. The van der Waals surface area contributed by atoms with Crippen LogP contribution in [0, 0.1) is 34.6 Å². The third kappa shape index (κ3) is 14.7. The quantitative estimate of drug-likeness (QED) is 0.0636. The molecular formula is C123H100B3N9. The van der Waals surface area contributed by atoms with Gasteiger partial charge in [0.15, 0.2) is 0 Å². The van der Waals surface area contributed by atoms with Gasteiger partial charge in [0, 0.05) is 89.2 Å². The number of para-hydroxylation sites is 6. The summed E-state index contributed by atoms with van der Waals surface area (Å²) in [7, 11) is 0. The first-order valence-electron chi connectivity index (χ1n) is 47.7. The van der Waals surface area contributed by atoms with E-state index in [1.54, 1.807) is 0 Å². The number of fused-ring (bicyclic) bond motifs is 18. The number of hydrogen-bond acceptors (Lipinski definition) is 9. The molecule has 646 valence electrons. The van der Waals surface area contributed by atoms with Gasteiger partial charge in [0.05, 0.1) is 45.5 Å². The van der Waals surface area contributed by atoms with Crippen LogP contribution in [0.25, 0.3) is 75.4 Å². The van der Waals surface area contributed by atoms with Gasteiger partial charge in [0.1, 0.15) is 0 Å². The molecule has 12 heteroatoms. The second-order valence-corrected chi connectivity index (χ2v) is 37.0. The van der Waals surface area contributed by atoms with E-state index in [1.165, 1.54) is 215 Å². The molecular weight excluding hydrogens is 1640 g/mol. The number of benzene rings is 19. The molecule has 0 aromatic heterocycles.